The summed E-state index contributed by atoms with van der Waals surface area (Å²) in [6, 6.07) is 4.32. The van der Waals surface area contributed by atoms with Gasteiger partial charge in [0, 0.05) is 44.2 Å². The molecule has 1 atom stereocenters. The van der Waals surface area contributed by atoms with Crippen LogP contribution in [0.1, 0.15) is 30.5 Å². The van der Waals surface area contributed by atoms with Crippen molar-refractivity contribution < 1.29 is 13.7 Å². The lowest BCUT2D eigenvalue weighted by molar-refractivity contribution is -0.133. The van der Waals surface area contributed by atoms with Crippen LogP contribution in [0.5, 0.6) is 0 Å². The molecule has 8 heteroatoms. The minimum Gasteiger partial charge on any atom is -0.422 e. The van der Waals surface area contributed by atoms with Gasteiger partial charge in [0.05, 0.1) is 12.2 Å². The summed E-state index contributed by atoms with van der Waals surface area (Å²) < 4.78 is 10.9. The van der Waals surface area contributed by atoms with Crippen molar-refractivity contribution in [3.8, 4) is 0 Å². The van der Waals surface area contributed by atoms with Gasteiger partial charge in [-0.25, -0.2) is 4.98 Å². The summed E-state index contributed by atoms with van der Waals surface area (Å²) in [7, 11) is 0. The third-order valence-electron chi connectivity index (χ3n) is 5.47. The van der Waals surface area contributed by atoms with Crippen molar-refractivity contribution >= 4 is 23.2 Å². The SMILES string of the molecule is O=C(CC1CCCN(c2nc3ncccc3o2)C1)N1CCc2nocc2C1. The number of carbonyl (C=O) groups excluding carboxylic acids is 1. The van der Waals surface area contributed by atoms with E-state index < -0.39 is 0 Å². The van der Waals surface area contributed by atoms with Crippen molar-refractivity contribution in [1.29, 1.82) is 0 Å². The highest BCUT2D eigenvalue weighted by Gasteiger charge is 2.29. The van der Waals surface area contributed by atoms with Gasteiger partial charge in [-0.05, 0) is 30.9 Å². The number of hydrogen-bond acceptors (Lipinski definition) is 7. The topological polar surface area (TPSA) is 88.5 Å². The molecule has 0 spiro atoms. The van der Waals surface area contributed by atoms with Crippen LogP contribution in [0.4, 0.5) is 6.01 Å². The van der Waals surface area contributed by atoms with Crippen molar-refractivity contribution in [2.45, 2.75) is 32.2 Å². The Bertz CT molecular complexity index is 932. The summed E-state index contributed by atoms with van der Waals surface area (Å²) in [5.74, 6) is 0.506. The van der Waals surface area contributed by atoms with Gasteiger partial charge in [0.2, 0.25) is 11.6 Å². The van der Waals surface area contributed by atoms with Crippen LogP contribution < -0.4 is 4.90 Å². The molecule has 0 radical (unpaired) electrons. The first kappa shape index (κ1) is 16.3. The van der Waals surface area contributed by atoms with E-state index in [1.165, 1.54) is 0 Å². The molecular weight excluding hydrogens is 346 g/mol. The maximum absolute atomic E-state index is 12.8. The molecule has 140 valence electrons. The van der Waals surface area contributed by atoms with Crippen LogP contribution in [-0.2, 0) is 17.8 Å². The fourth-order valence-corrected chi connectivity index (χ4v) is 4.03. The number of hydrogen-bond donors (Lipinski definition) is 0. The van der Waals surface area contributed by atoms with Gasteiger partial charge in [0.15, 0.2) is 5.58 Å². The Hall–Kier alpha value is -2.90. The average Bonchev–Trinajstić information content (AvgIpc) is 3.34. The predicted octanol–water partition coefficient (Wildman–Crippen LogP) is 2.40. The van der Waals surface area contributed by atoms with E-state index in [0.29, 0.717) is 42.7 Å². The normalized spacial score (nSPS) is 20.1. The molecule has 5 heterocycles. The molecule has 5 rings (SSSR count). The van der Waals surface area contributed by atoms with Crippen molar-refractivity contribution in [1.82, 2.24) is 20.0 Å². The Morgan fingerprint density at radius 3 is 3.22 bits per heavy atom. The monoisotopic (exact) mass is 367 g/mol. The largest absolute Gasteiger partial charge is 0.422 e. The molecule has 8 nitrogen and oxygen atoms in total. The minimum absolute atomic E-state index is 0.202. The number of carbonyl (C=O) groups is 1. The first-order valence-corrected chi connectivity index (χ1v) is 9.42. The highest BCUT2D eigenvalue weighted by atomic mass is 16.5. The van der Waals surface area contributed by atoms with Crippen molar-refractivity contribution in [2.75, 3.05) is 24.5 Å². The standard InChI is InChI=1S/C19H21N5O3/c25-17(23-8-5-15-14(11-23)12-26-22-15)9-13-3-2-7-24(10-13)19-21-18-16(27-19)4-1-6-20-18/h1,4,6,12-13H,2-3,5,7-11H2. The van der Waals surface area contributed by atoms with Crippen molar-refractivity contribution in [3.05, 3.63) is 35.9 Å². The molecule has 3 aromatic rings. The number of oxazole rings is 1. The zero-order valence-electron chi connectivity index (χ0n) is 15.0. The first-order chi connectivity index (χ1) is 13.3. The molecule has 2 aliphatic rings. The van der Waals surface area contributed by atoms with Crippen LogP contribution in [0.15, 0.2) is 33.5 Å². The van der Waals surface area contributed by atoms with Gasteiger partial charge >= 0.3 is 0 Å². The zero-order chi connectivity index (χ0) is 18.2. The van der Waals surface area contributed by atoms with Crippen LogP contribution in [0.3, 0.4) is 0 Å². The summed E-state index contributed by atoms with van der Waals surface area (Å²) >= 11 is 0. The second-order valence-electron chi connectivity index (χ2n) is 7.33. The Labute approximate surface area is 156 Å². The van der Waals surface area contributed by atoms with E-state index >= 15 is 0 Å². The first-order valence-electron chi connectivity index (χ1n) is 9.42. The molecule has 2 aliphatic heterocycles. The highest BCUT2D eigenvalue weighted by Crippen LogP contribution is 2.28. The number of anilines is 1. The molecule has 1 amide bonds. The molecule has 0 N–H and O–H groups in total. The third kappa shape index (κ3) is 3.15. The lowest BCUT2D eigenvalue weighted by atomic mass is 9.94. The number of nitrogens with zero attached hydrogens (tertiary/aromatic N) is 5. The van der Waals surface area contributed by atoms with Crippen LogP contribution in [0.2, 0.25) is 0 Å². The average molecular weight is 367 g/mol. The predicted molar refractivity (Wildman–Crippen MR) is 97.0 cm³/mol. The molecule has 0 aliphatic carbocycles. The van der Waals surface area contributed by atoms with Crippen LogP contribution in [-0.4, -0.2) is 45.6 Å². The summed E-state index contributed by atoms with van der Waals surface area (Å²) in [5.41, 5.74) is 3.33. The molecule has 27 heavy (non-hydrogen) atoms. The lowest BCUT2D eigenvalue weighted by Crippen LogP contribution is -2.40. The van der Waals surface area contributed by atoms with Crippen molar-refractivity contribution in [3.63, 3.8) is 0 Å². The van der Waals surface area contributed by atoms with Crippen LogP contribution in [0.25, 0.3) is 11.2 Å². The Morgan fingerprint density at radius 1 is 1.33 bits per heavy atom. The van der Waals surface area contributed by atoms with Gasteiger partial charge in [-0.1, -0.05) is 5.16 Å². The van der Waals surface area contributed by atoms with Crippen LogP contribution >= 0.6 is 0 Å². The Kier molecular flexibility index (Phi) is 4.03. The molecular formula is C19H21N5O3. The Morgan fingerprint density at radius 2 is 2.30 bits per heavy atom. The molecule has 1 fully saturated rings. The maximum Gasteiger partial charge on any atom is 0.299 e. The molecule has 0 bridgehead atoms. The fourth-order valence-electron chi connectivity index (χ4n) is 4.03. The van der Waals surface area contributed by atoms with E-state index in [2.05, 4.69) is 20.0 Å². The number of rotatable bonds is 3. The molecule has 1 saturated heterocycles. The van der Waals surface area contributed by atoms with Gasteiger partial charge in [0.1, 0.15) is 6.26 Å². The summed E-state index contributed by atoms with van der Waals surface area (Å²) in [4.78, 5) is 25.6. The minimum atomic E-state index is 0.202. The van der Waals surface area contributed by atoms with E-state index in [1.54, 1.807) is 12.5 Å². The van der Waals surface area contributed by atoms with Gasteiger partial charge < -0.3 is 18.7 Å². The smallest absolute Gasteiger partial charge is 0.299 e. The van der Waals surface area contributed by atoms with E-state index in [1.807, 2.05) is 17.0 Å². The zero-order valence-corrected chi connectivity index (χ0v) is 15.0. The fraction of sp³-hybridized carbons (Fsp3) is 0.474. The summed E-state index contributed by atoms with van der Waals surface area (Å²) in [6.07, 6.45) is 6.76. The number of pyridine rings is 1. The molecule has 0 saturated carbocycles. The summed E-state index contributed by atoms with van der Waals surface area (Å²) in [5, 5.41) is 3.99. The lowest BCUT2D eigenvalue weighted by Gasteiger charge is -2.33. The number of fused-ring (bicyclic) bond motifs is 2. The van der Waals surface area contributed by atoms with Crippen LogP contribution in [0, 0.1) is 5.92 Å². The van der Waals surface area contributed by atoms with E-state index in [4.69, 9.17) is 8.94 Å². The van der Waals surface area contributed by atoms with E-state index in [-0.39, 0.29) is 5.91 Å². The van der Waals surface area contributed by atoms with E-state index in [0.717, 1.165) is 43.6 Å². The molecule has 0 aromatic carbocycles. The van der Waals surface area contributed by atoms with Gasteiger partial charge in [0.25, 0.3) is 6.01 Å². The summed E-state index contributed by atoms with van der Waals surface area (Å²) in [6.45, 7) is 2.99. The number of amides is 1. The highest BCUT2D eigenvalue weighted by molar-refractivity contribution is 5.77. The molecule has 3 aromatic heterocycles. The Balaban J connectivity index is 1.24. The maximum atomic E-state index is 12.8. The number of piperidine rings is 1. The quantitative estimate of drug-likeness (QED) is 0.702. The number of aromatic nitrogens is 3. The third-order valence-corrected chi connectivity index (χ3v) is 5.47. The van der Waals surface area contributed by atoms with E-state index in [9.17, 15) is 4.79 Å². The van der Waals surface area contributed by atoms with Gasteiger partial charge in [-0.2, -0.15) is 4.98 Å². The second kappa shape index (κ2) is 6.68. The van der Waals surface area contributed by atoms with Crippen molar-refractivity contribution in [2.24, 2.45) is 5.92 Å². The van der Waals surface area contributed by atoms with Gasteiger partial charge in [-0.15, -0.1) is 0 Å². The molecule has 1 unspecified atom stereocenters. The second-order valence-corrected chi connectivity index (χ2v) is 7.33. The van der Waals surface area contributed by atoms with Gasteiger partial charge in [-0.3, -0.25) is 4.79 Å².